The number of β-amino-alcohol motifs (C(OH)–C–C–N with tert-alkyl or cyclic N) is 1. The second-order valence-corrected chi connectivity index (χ2v) is 9.50. The normalized spacial score (nSPS) is 12.8. The van der Waals surface area contributed by atoms with E-state index in [1.54, 1.807) is 7.11 Å². The van der Waals surface area contributed by atoms with Gasteiger partial charge in [0.25, 0.3) is 0 Å². The summed E-state index contributed by atoms with van der Waals surface area (Å²) in [6.45, 7) is 6.82. The average molecular weight is 454 g/mol. The number of aliphatic hydroxyl groups excluding tert-OH is 1. The molecule has 0 aliphatic heterocycles. The summed E-state index contributed by atoms with van der Waals surface area (Å²) in [5.74, 6) is 1.57. The van der Waals surface area contributed by atoms with Gasteiger partial charge in [-0.1, -0.05) is 41.7 Å². The fraction of sp³-hybridized carbons (Fsp3) is 0.360. The molecule has 0 bridgehead atoms. The van der Waals surface area contributed by atoms with Gasteiger partial charge >= 0.3 is 0 Å². The van der Waals surface area contributed by atoms with Gasteiger partial charge in [-0.25, -0.2) is 0 Å². The summed E-state index contributed by atoms with van der Waals surface area (Å²) in [5.41, 5.74) is 1.97. The van der Waals surface area contributed by atoms with E-state index in [1.165, 1.54) is 16.9 Å². The molecule has 3 rings (SSSR count). The molecular weight excluding hydrogens is 422 g/mol. The van der Waals surface area contributed by atoms with Gasteiger partial charge in [-0.05, 0) is 63.1 Å². The number of hydrogen-bond acceptors (Lipinski definition) is 7. The quantitative estimate of drug-likeness (QED) is 0.449. The highest BCUT2D eigenvalue weighted by molar-refractivity contribution is 7.12. The fourth-order valence-corrected chi connectivity index (χ4v) is 3.85. The standard InChI is InChI=1S/C25H31N3O3S/c1-18-27-28-24(32-18)14-11-20-7-5-6-8-23(20)31-17-21(29)16-26-25(2,3)15-19-9-12-22(30-4)13-10-19/h5-14,21,26,29H,15-17H2,1-4H3/b14-11-. The Bertz CT molecular complexity index is 1020. The highest BCUT2D eigenvalue weighted by Gasteiger charge is 2.19. The Balaban J connectivity index is 1.50. The Morgan fingerprint density at radius 2 is 1.84 bits per heavy atom. The molecule has 1 aromatic heterocycles. The largest absolute Gasteiger partial charge is 0.497 e. The van der Waals surface area contributed by atoms with Crippen molar-refractivity contribution >= 4 is 23.5 Å². The number of hydrogen-bond donors (Lipinski definition) is 2. The minimum atomic E-state index is -0.631. The van der Waals surface area contributed by atoms with Crippen LogP contribution in [0.25, 0.3) is 12.2 Å². The van der Waals surface area contributed by atoms with E-state index in [4.69, 9.17) is 9.47 Å². The highest BCUT2D eigenvalue weighted by Crippen LogP contribution is 2.22. The SMILES string of the molecule is COc1ccc(CC(C)(C)NCC(O)COc2ccccc2/C=C\c2nnc(C)s2)cc1. The molecule has 2 N–H and O–H groups in total. The Kier molecular flexibility index (Phi) is 8.39. The predicted molar refractivity (Wildman–Crippen MR) is 130 cm³/mol. The number of nitrogens with zero attached hydrogens (tertiary/aromatic N) is 2. The van der Waals surface area contributed by atoms with Crippen molar-refractivity contribution in [2.24, 2.45) is 0 Å². The van der Waals surface area contributed by atoms with E-state index in [2.05, 4.69) is 41.5 Å². The molecule has 0 aliphatic carbocycles. The summed E-state index contributed by atoms with van der Waals surface area (Å²) in [6.07, 6.45) is 4.08. The van der Waals surface area contributed by atoms with Crippen LogP contribution in [0.5, 0.6) is 11.5 Å². The van der Waals surface area contributed by atoms with E-state index in [0.717, 1.165) is 33.5 Å². The smallest absolute Gasteiger partial charge is 0.140 e. The lowest BCUT2D eigenvalue weighted by atomic mass is 9.94. The summed E-state index contributed by atoms with van der Waals surface area (Å²) < 4.78 is 11.1. The minimum absolute atomic E-state index is 0.171. The van der Waals surface area contributed by atoms with Crippen molar-refractivity contribution in [2.45, 2.75) is 38.8 Å². The van der Waals surface area contributed by atoms with Gasteiger partial charge < -0.3 is 19.9 Å². The monoisotopic (exact) mass is 453 g/mol. The van der Waals surface area contributed by atoms with Crippen LogP contribution in [0.4, 0.5) is 0 Å². The van der Waals surface area contributed by atoms with E-state index < -0.39 is 6.10 Å². The van der Waals surface area contributed by atoms with Crippen molar-refractivity contribution in [3.8, 4) is 11.5 Å². The van der Waals surface area contributed by atoms with Gasteiger partial charge in [0, 0.05) is 17.6 Å². The maximum atomic E-state index is 10.5. The van der Waals surface area contributed by atoms with Crippen molar-refractivity contribution in [1.82, 2.24) is 15.5 Å². The summed E-state index contributed by atoms with van der Waals surface area (Å²) in [4.78, 5) is 0. The molecule has 2 aromatic carbocycles. The van der Waals surface area contributed by atoms with Crippen molar-refractivity contribution in [3.63, 3.8) is 0 Å². The Morgan fingerprint density at radius 3 is 2.53 bits per heavy atom. The number of aromatic nitrogens is 2. The van der Waals surface area contributed by atoms with Crippen molar-refractivity contribution in [3.05, 3.63) is 69.7 Å². The second-order valence-electron chi connectivity index (χ2n) is 8.28. The molecule has 0 saturated carbocycles. The molecule has 0 radical (unpaired) electrons. The molecule has 1 atom stereocenters. The summed E-state index contributed by atoms with van der Waals surface area (Å²) in [5, 5.41) is 23.8. The van der Waals surface area contributed by atoms with E-state index in [-0.39, 0.29) is 12.1 Å². The van der Waals surface area contributed by atoms with Crippen LogP contribution < -0.4 is 14.8 Å². The number of nitrogens with one attached hydrogen (secondary N) is 1. The van der Waals surface area contributed by atoms with Crippen molar-refractivity contribution in [1.29, 1.82) is 0 Å². The van der Waals surface area contributed by atoms with Gasteiger partial charge in [-0.3, -0.25) is 0 Å². The second kappa shape index (κ2) is 11.2. The molecular formula is C25H31N3O3S. The van der Waals surface area contributed by atoms with Crippen molar-refractivity contribution in [2.75, 3.05) is 20.3 Å². The van der Waals surface area contributed by atoms with Gasteiger partial charge in [0.2, 0.25) is 0 Å². The van der Waals surface area contributed by atoms with E-state index in [0.29, 0.717) is 6.54 Å². The zero-order valence-corrected chi connectivity index (χ0v) is 19.9. The number of methoxy groups -OCH3 is 1. The number of para-hydroxylation sites is 1. The Morgan fingerprint density at radius 1 is 1.09 bits per heavy atom. The van der Waals surface area contributed by atoms with E-state index >= 15 is 0 Å². The Hall–Kier alpha value is -2.74. The summed E-state index contributed by atoms with van der Waals surface area (Å²) >= 11 is 1.54. The minimum Gasteiger partial charge on any atom is -0.497 e. The highest BCUT2D eigenvalue weighted by atomic mass is 32.1. The first-order chi connectivity index (χ1) is 15.3. The third-order valence-electron chi connectivity index (χ3n) is 4.92. The lowest BCUT2D eigenvalue weighted by molar-refractivity contribution is 0.0987. The fourth-order valence-electron chi connectivity index (χ4n) is 3.25. The van der Waals surface area contributed by atoms with Gasteiger partial charge in [-0.2, -0.15) is 0 Å². The topological polar surface area (TPSA) is 76.5 Å². The molecule has 1 heterocycles. The third kappa shape index (κ3) is 7.44. The molecule has 0 fully saturated rings. The number of ether oxygens (including phenoxy) is 2. The molecule has 3 aromatic rings. The number of aryl methyl sites for hydroxylation is 1. The summed E-state index contributed by atoms with van der Waals surface area (Å²) in [7, 11) is 1.66. The molecule has 0 spiro atoms. The van der Waals surface area contributed by atoms with Crippen LogP contribution >= 0.6 is 11.3 Å². The van der Waals surface area contributed by atoms with Crippen LogP contribution in [-0.2, 0) is 6.42 Å². The van der Waals surface area contributed by atoms with Crippen LogP contribution in [0.2, 0.25) is 0 Å². The van der Waals surface area contributed by atoms with Crippen LogP contribution in [-0.4, -0.2) is 47.2 Å². The summed E-state index contributed by atoms with van der Waals surface area (Å²) in [6, 6.07) is 15.8. The van der Waals surface area contributed by atoms with Crippen LogP contribution in [0.15, 0.2) is 48.5 Å². The van der Waals surface area contributed by atoms with Crippen LogP contribution in [0, 0.1) is 6.92 Å². The Labute approximate surface area is 193 Å². The van der Waals surface area contributed by atoms with Crippen molar-refractivity contribution < 1.29 is 14.6 Å². The van der Waals surface area contributed by atoms with E-state index in [1.807, 2.05) is 55.5 Å². The molecule has 0 amide bonds. The first-order valence-electron chi connectivity index (χ1n) is 10.6. The lowest BCUT2D eigenvalue weighted by Crippen LogP contribution is -2.46. The third-order valence-corrected chi connectivity index (χ3v) is 5.72. The predicted octanol–water partition coefficient (Wildman–Crippen LogP) is 4.38. The molecule has 1 unspecified atom stereocenters. The number of aliphatic hydroxyl groups is 1. The molecule has 32 heavy (non-hydrogen) atoms. The maximum Gasteiger partial charge on any atom is 0.140 e. The lowest BCUT2D eigenvalue weighted by Gasteiger charge is -2.28. The zero-order chi connectivity index (χ0) is 23.0. The van der Waals surface area contributed by atoms with E-state index in [9.17, 15) is 5.11 Å². The first-order valence-corrected chi connectivity index (χ1v) is 11.4. The van der Waals surface area contributed by atoms with Gasteiger partial charge in [0.1, 0.15) is 34.2 Å². The van der Waals surface area contributed by atoms with Gasteiger partial charge in [0.05, 0.1) is 7.11 Å². The molecule has 7 heteroatoms. The van der Waals surface area contributed by atoms with Crippen LogP contribution in [0.3, 0.4) is 0 Å². The molecule has 6 nitrogen and oxygen atoms in total. The number of rotatable bonds is 11. The van der Waals surface area contributed by atoms with Gasteiger partial charge in [0.15, 0.2) is 0 Å². The van der Waals surface area contributed by atoms with Gasteiger partial charge in [-0.15, -0.1) is 10.2 Å². The zero-order valence-electron chi connectivity index (χ0n) is 19.0. The molecule has 0 aliphatic rings. The number of benzene rings is 2. The average Bonchev–Trinajstić information content (AvgIpc) is 3.21. The maximum absolute atomic E-state index is 10.5. The van der Waals surface area contributed by atoms with Crippen LogP contribution in [0.1, 0.15) is 35.0 Å². The molecule has 170 valence electrons. The molecule has 0 saturated heterocycles. The first kappa shape index (κ1) is 23.9.